The first-order valence-electron chi connectivity index (χ1n) is 5.23. The zero-order valence-electron chi connectivity index (χ0n) is 9.37. The van der Waals surface area contributed by atoms with Crippen molar-refractivity contribution in [1.29, 1.82) is 0 Å². The minimum Gasteiger partial charge on any atom is -0.380 e. The highest BCUT2D eigenvalue weighted by Gasteiger charge is 1.99. The number of hydrogen-bond acceptors (Lipinski definition) is 2. The van der Waals surface area contributed by atoms with Crippen LogP contribution in [0.3, 0.4) is 0 Å². The zero-order chi connectivity index (χ0) is 11.1. The van der Waals surface area contributed by atoms with Crippen molar-refractivity contribution in [3.8, 4) is 0 Å². The topological polar surface area (TPSA) is 12.5 Å². The Balaban J connectivity index is 2.31. The van der Waals surface area contributed by atoms with Crippen molar-refractivity contribution in [3.05, 3.63) is 34.3 Å². The third-order valence-electron chi connectivity index (χ3n) is 2.19. The van der Waals surface area contributed by atoms with Gasteiger partial charge in [0.2, 0.25) is 0 Å². The molecule has 0 N–H and O–H groups in total. The van der Waals surface area contributed by atoms with Gasteiger partial charge in [-0.2, -0.15) is 0 Å². The molecule has 0 spiro atoms. The zero-order valence-corrected chi connectivity index (χ0v) is 11.0. The largest absolute Gasteiger partial charge is 0.380 e. The normalized spacial score (nSPS) is 10.9. The lowest BCUT2D eigenvalue weighted by molar-refractivity contribution is 0.120. The van der Waals surface area contributed by atoms with E-state index in [4.69, 9.17) is 4.74 Å². The van der Waals surface area contributed by atoms with Gasteiger partial charge in [0.15, 0.2) is 0 Å². The Labute approximate surface area is 100 Å². The molecule has 0 atom stereocenters. The summed E-state index contributed by atoms with van der Waals surface area (Å²) in [4.78, 5) is 2.26. The highest BCUT2D eigenvalue weighted by atomic mass is 79.9. The molecule has 0 aliphatic rings. The fourth-order valence-corrected chi connectivity index (χ4v) is 1.61. The molecule has 0 fully saturated rings. The van der Waals surface area contributed by atoms with Crippen LogP contribution in [0.15, 0.2) is 28.7 Å². The van der Waals surface area contributed by atoms with E-state index >= 15 is 0 Å². The van der Waals surface area contributed by atoms with Gasteiger partial charge in [-0.1, -0.05) is 28.1 Å². The Bertz CT molecular complexity index is 273. The third kappa shape index (κ3) is 5.30. The fraction of sp³-hybridized carbons (Fsp3) is 0.500. The van der Waals surface area contributed by atoms with Gasteiger partial charge in [-0.3, -0.25) is 4.90 Å². The van der Waals surface area contributed by atoms with Crippen LogP contribution in [0.2, 0.25) is 0 Å². The van der Waals surface area contributed by atoms with Crippen LogP contribution in [-0.2, 0) is 11.3 Å². The second-order valence-corrected chi connectivity index (χ2v) is 4.48. The van der Waals surface area contributed by atoms with Gasteiger partial charge in [0.1, 0.15) is 0 Å². The van der Waals surface area contributed by atoms with Gasteiger partial charge in [-0.25, -0.2) is 0 Å². The molecule has 1 aromatic rings. The lowest BCUT2D eigenvalue weighted by Gasteiger charge is -2.16. The molecule has 0 unspecified atom stereocenters. The van der Waals surface area contributed by atoms with E-state index in [0.29, 0.717) is 0 Å². The van der Waals surface area contributed by atoms with Gasteiger partial charge in [-0.05, 0) is 31.7 Å². The van der Waals surface area contributed by atoms with Crippen molar-refractivity contribution >= 4 is 15.9 Å². The van der Waals surface area contributed by atoms with E-state index in [0.717, 1.165) is 30.8 Å². The van der Waals surface area contributed by atoms with E-state index in [2.05, 4.69) is 52.1 Å². The van der Waals surface area contributed by atoms with Gasteiger partial charge in [0.05, 0.1) is 6.61 Å². The van der Waals surface area contributed by atoms with Crippen LogP contribution >= 0.6 is 15.9 Å². The van der Waals surface area contributed by atoms with E-state index in [-0.39, 0.29) is 0 Å². The van der Waals surface area contributed by atoms with Crippen molar-refractivity contribution < 1.29 is 4.74 Å². The third-order valence-corrected chi connectivity index (χ3v) is 2.72. The number of benzene rings is 1. The SMILES string of the molecule is CCOCCN(C)Cc1ccc(Br)cc1. The van der Waals surface area contributed by atoms with Crippen molar-refractivity contribution in [1.82, 2.24) is 4.90 Å². The molecule has 3 heteroatoms. The van der Waals surface area contributed by atoms with Gasteiger partial charge >= 0.3 is 0 Å². The molecule has 0 aliphatic heterocycles. The maximum atomic E-state index is 5.31. The molecule has 0 amide bonds. The van der Waals surface area contributed by atoms with Gasteiger partial charge in [-0.15, -0.1) is 0 Å². The Hall–Kier alpha value is -0.380. The molecule has 15 heavy (non-hydrogen) atoms. The first-order valence-corrected chi connectivity index (χ1v) is 6.02. The van der Waals surface area contributed by atoms with Crippen LogP contribution in [0.5, 0.6) is 0 Å². The van der Waals surface area contributed by atoms with Gasteiger partial charge in [0.25, 0.3) is 0 Å². The van der Waals surface area contributed by atoms with Crippen molar-refractivity contribution in [3.63, 3.8) is 0 Å². The summed E-state index contributed by atoms with van der Waals surface area (Å²) in [6.45, 7) is 5.58. The predicted molar refractivity (Wildman–Crippen MR) is 67.0 cm³/mol. The summed E-state index contributed by atoms with van der Waals surface area (Å²) < 4.78 is 6.44. The van der Waals surface area contributed by atoms with Crippen LogP contribution in [-0.4, -0.2) is 31.7 Å². The van der Waals surface area contributed by atoms with E-state index in [1.165, 1.54) is 5.56 Å². The average molecular weight is 272 g/mol. The monoisotopic (exact) mass is 271 g/mol. The lowest BCUT2D eigenvalue weighted by Crippen LogP contribution is -2.22. The van der Waals surface area contributed by atoms with E-state index in [1.54, 1.807) is 0 Å². The Morgan fingerprint density at radius 1 is 1.27 bits per heavy atom. The van der Waals surface area contributed by atoms with Crippen molar-refractivity contribution in [2.24, 2.45) is 0 Å². The first kappa shape index (κ1) is 12.7. The highest BCUT2D eigenvalue weighted by molar-refractivity contribution is 9.10. The van der Waals surface area contributed by atoms with Crippen LogP contribution in [0.4, 0.5) is 0 Å². The summed E-state index contributed by atoms with van der Waals surface area (Å²) >= 11 is 3.43. The summed E-state index contributed by atoms with van der Waals surface area (Å²) in [6, 6.07) is 8.43. The number of halogens is 1. The van der Waals surface area contributed by atoms with E-state index in [1.807, 2.05) is 6.92 Å². The number of hydrogen-bond donors (Lipinski definition) is 0. The molecule has 0 aromatic heterocycles. The maximum Gasteiger partial charge on any atom is 0.0593 e. The Kier molecular flexibility index (Phi) is 5.91. The molecule has 1 rings (SSSR count). The lowest BCUT2D eigenvalue weighted by atomic mass is 10.2. The van der Waals surface area contributed by atoms with Gasteiger partial charge in [0, 0.05) is 24.2 Å². The van der Waals surface area contributed by atoms with Crippen LogP contribution in [0, 0.1) is 0 Å². The number of likely N-dealkylation sites (N-methyl/N-ethyl adjacent to an activating group) is 1. The van der Waals surface area contributed by atoms with E-state index < -0.39 is 0 Å². The summed E-state index contributed by atoms with van der Waals surface area (Å²) in [5, 5.41) is 0. The summed E-state index contributed by atoms with van der Waals surface area (Å²) in [7, 11) is 2.11. The minimum atomic E-state index is 0.798. The number of nitrogens with zero attached hydrogens (tertiary/aromatic N) is 1. The second kappa shape index (κ2) is 6.99. The second-order valence-electron chi connectivity index (χ2n) is 3.56. The summed E-state index contributed by atoms with van der Waals surface area (Å²) in [5.41, 5.74) is 1.33. The predicted octanol–water partition coefficient (Wildman–Crippen LogP) is 2.92. The quantitative estimate of drug-likeness (QED) is 0.738. The van der Waals surface area contributed by atoms with Gasteiger partial charge < -0.3 is 4.74 Å². The number of ether oxygens (including phenoxy) is 1. The van der Waals surface area contributed by atoms with Crippen molar-refractivity contribution in [2.75, 3.05) is 26.8 Å². The molecule has 0 saturated heterocycles. The summed E-state index contributed by atoms with van der Waals surface area (Å²) in [5.74, 6) is 0. The molecule has 0 heterocycles. The molecule has 2 nitrogen and oxygen atoms in total. The molecule has 0 bridgehead atoms. The number of rotatable bonds is 6. The van der Waals surface area contributed by atoms with E-state index in [9.17, 15) is 0 Å². The Morgan fingerprint density at radius 3 is 2.53 bits per heavy atom. The summed E-state index contributed by atoms with van der Waals surface area (Å²) in [6.07, 6.45) is 0. The molecule has 0 saturated carbocycles. The first-order chi connectivity index (χ1) is 7.22. The Morgan fingerprint density at radius 2 is 1.93 bits per heavy atom. The average Bonchev–Trinajstić information content (AvgIpc) is 2.22. The molecule has 0 aliphatic carbocycles. The minimum absolute atomic E-state index is 0.798. The van der Waals surface area contributed by atoms with Crippen molar-refractivity contribution in [2.45, 2.75) is 13.5 Å². The molecule has 84 valence electrons. The standard InChI is InChI=1S/C12H18BrNO/c1-3-15-9-8-14(2)10-11-4-6-12(13)7-5-11/h4-7H,3,8-10H2,1-2H3. The maximum absolute atomic E-state index is 5.31. The smallest absolute Gasteiger partial charge is 0.0593 e. The highest BCUT2D eigenvalue weighted by Crippen LogP contribution is 2.11. The fourth-order valence-electron chi connectivity index (χ4n) is 1.35. The molecular formula is C12H18BrNO. The van der Waals surface area contributed by atoms with Crippen LogP contribution in [0.1, 0.15) is 12.5 Å². The van der Waals surface area contributed by atoms with Crippen LogP contribution < -0.4 is 0 Å². The molecular weight excluding hydrogens is 254 g/mol. The molecule has 1 aromatic carbocycles. The molecule has 0 radical (unpaired) electrons. The van der Waals surface area contributed by atoms with Crippen LogP contribution in [0.25, 0.3) is 0 Å².